The molecule has 4 rings (SSSR count). The summed E-state index contributed by atoms with van der Waals surface area (Å²) in [6, 6.07) is 3.72. The monoisotopic (exact) mass is 548 g/mol. The van der Waals surface area contributed by atoms with Gasteiger partial charge in [0, 0.05) is 23.2 Å². The summed E-state index contributed by atoms with van der Waals surface area (Å²) in [4.78, 5) is 27.4. The molecule has 0 bridgehead atoms. The molecule has 206 valence electrons. The van der Waals surface area contributed by atoms with Gasteiger partial charge in [-0.3, -0.25) is 9.59 Å². The second kappa shape index (κ2) is 9.84. The zero-order chi connectivity index (χ0) is 28.0. The lowest BCUT2D eigenvalue weighted by Crippen LogP contribution is -2.47. The Kier molecular flexibility index (Phi) is 7.21. The van der Waals surface area contributed by atoms with Gasteiger partial charge in [0.2, 0.25) is 5.91 Å². The quantitative estimate of drug-likeness (QED) is 0.369. The number of rotatable bonds is 6. The van der Waals surface area contributed by atoms with E-state index in [0.29, 0.717) is 31.4 Å². The van der Waals surface area contributed by atoms with Crippen molar-refractivity contribution in [3.8, 4) is 0 Å². The lowest BCUT2D eigenvalue weighted by atomic mass is 9.99. The van der Waals surface area contributed by atoms with Crippen molar-refractivity contribution in [1.29, 1.82) is 0 Å². The molecule has 1 unspecified atom stereocenters. The van der Waals surface area contributed by atoms with Gasteiger partial charge in [-0.2, -0.15) is 26.3 Å². The zero-order valence-corrected chi connectivity index (χ0v) is 19.6. The van der Waals surface area contributed by atoms with Crippen LogP contribution in [0.25, 0.3) is 0 Å². The predicted octanol–water partition coefficient (Wildman–Crippen LogP) is 4.42. The molecule has 2 amide bonds. The lowest BCUT2D eigenvalue weighted by Gasteiger charge is -2.28. The lowest BCUT2D eigenvalue weighted by molar-refractivity contribution is -0.358. The molecule has 6 nitrogen and oxygen atoms in total. The second-order valence-electron chi connectivity index (χ2n) is 9.47. The average Bonchev–Trinajstić information content (AvgIpc) is 3.56. The number of nitrogens with zero attached hydrogens (tertiary/aromatic N) is 1. The molecule has 1 heterocycles. The van der Waals surface area contributed by atoms with E-state index in [-0.39, 0.29) is 30.0 Å². The molecule has 0 radical (unpaired) electrons. The minimum absolute atomic E-state index is 0.0759. The molecule has 2 aliphatic rings. The van der Waals surface area contributed by atoms with Crippen LogP contribution in [0.2, 0.25) is 0 Å². The molecule has 13 heteroatoms. The van der Waals surface area contributed by atoms with Crippen molar-refractivity contribution in [2.75, 3.05) is 6.54 Å². The van der Waals surface area contributed by atoms with Crippen molar-refractivity contribution < 1.29 is 50.5 Å². The van der Waals surface area contributed by atoms with Crippen molar-refractivity contribution in [2.45, 2.75) is 55.9 Å². The fourth-order valence-electron chi connectivity index (χ4n) is 4.57. The van der Waals surface area contributed by atoms with Crippen LogP contribution in [0.1, 0.15) is 58.8 Å². The molecular formula is C25H23F7N2O4. The number of hydrogen-bond donors (Lipinski definition) is 3. The highest BCUT2D eigenvalue weighted by Gasteiger charge is 2.54. The highest BCUT2D eigenvalue weighted by Crippen LogP contribution is 2.43. The fraction of sp³-hybridized carbons (Fsp3) is 0.440. The topological polar surface area (TPSA) is 89.9 Å². The Morgan fingerprint density at radius 3 is 2.21 bits per heavy atom. The van der Waals surface area contributed by atoms with Gasteiger partial charge in [-0.1, -0.05) is 18.2 Å². The maximum absolute atomic E-state index is 14.7. The summed E-state index contributed by atoms with van der Waals surface area (Å²) in [5.41, 5.74) is -2.59. The van der Waals surface area contributed by atoms with Crippen LogP contribution in [0.15, 0.2) is 42.5 Å². The average molecular weight is 548 g/mol. The third-order valence-electron chi connectivity index (χ3n) is 6.78. The minimum atomic E-state index is -5.43. The van der Waals surface area contributed by atoms with E-state index in [1.165, 1.54) is 0 Å². The number of nitrogens with one attached hydrogen (secondary N) is 1. The van der Waals surface area contributed by atoms with E-state index in [0.717, 1.165) is 35.2 Å². The summed E-state index contributed by atoms with van der Waals surface area (Å²) in [6.45, 7) is 0.0759. The first kappa shape index (κ1) is 27.8. The molecule has 2 atom stereocenters. The second-order valence-corrected chi connectivity index (χ2v) is 9.47. The first-order valence-electron chi connectivity index (χ1n) is 11.7. The van der Waals surface area contributed by atoms with Crippen LogP contribution in [0.4, 0.5) is 30.7 Å². The van der Waals surface area contributed by atoms with Crippen molar-refractivity contribution >= 4 is 11.8 Å². The Hall–Kier alpha value is -3.19. The van der Waals surface area contributed by atoms with E-state index in [2.05, 4.69) is 5.32 Å². The first-order valence-corrected chi connectivity index (χ1v) is 11.7. The van der Waals surface area contributed by atoms with E-state index in [1.54, 1.807) is 0 Å². The van der Waals surface area contributed by atoms with Crippen LogP contribution in [-0.2, 0) is 16.8 Å². The zero-order valence-electron chi connectivity index (χ0n) is 19.6. The Balaban J connectivity index is 1.54. The van der Waals surface area contributed by atoms with Crippen LogP contribution >= 0.6 is 0 Å². The van der Waals surface area contributed by atoms with Crippen molar-refractivity contribution in [1.82, 2.24) is 10.2 Å². The van der Waals surface area contributed by atoms with Crippen LogP contribution in [0, 0.1) is 11.7 Å². The molecule has 2 fully saturated rings. The Labute approximate surface area is 212 Å². The standard InChI is InChI=1S/C25H23F7N2O4/c26-18-12-16(24(27,28)29)8-9-17(18)20(13-6-7-13)33-21(35)19-5-2-10-34(19)22(36)14-3-1-4-15(11-14)23(37,38)25(30,31)32/h1,3-4,8-9,11-13,19-20,37-38H,2,5-7,10H2,(H,33,35)/t19-,20?/m1/s1. The largest absolute Gasteiger partial charge is 0.447 e. The van der Waals surface area contributed by atoms with Crippen LogP contribution in [-0.4, -0.2) is 45.7 Å². The first-order chi connectivity index (χ1) is 17.6. The van der Waals surface area contributed by atoms with Gasteiger partial charge in [-0.05, 0) is 55.9 Å². The predicted molar refractivity (Wildman–Crippen MR) is 118 cm³/mol. The molecule has 1 saturated heterocycles. The molecule has 2 aromatic carbocycles. The summed E-state index contributed by atoms with van der Waals surface area (Å²) >= 11 is 0. The summed E-state index contributed by atoms with van der Waals surface area (Å²) in [5, 5.41) is 21.7. The number of likely N-dealkylation sites (tertiary alicyclic amines) is 1. The SMILES string of the molecule is O=C(NC(c1ccc(C(F)(F)F)cc1F)C1CC1)[C@H]1CCCN1C(=O)c1cccc(C(O)(O)C(F)(F)F)c1. The molecule has 38 heavy (non-hydrogen) atoms. The number of amides is 2. The Bertz CT molecular complexity index is 1220. The summed E-state index contributed by atoms with van der Waals surface area (Å²) < 4.78 is 92.6. The molecule has 1 saturated carbocycles. The van der Waals surface area contributed by atoms with Crippen molar-refractivity contribution in [3.05, 3.63) is 70.5 Å². The van der Waals surface area contributed by atoms with Crippen LogP contribution in [0.3, 0.4) is 0 Å². The van der Waals surface area contributed by atoms with Crippen molar-refractivity contribution in [2.24, 2.45) is 5.92 Å². The van der Waals surface area contributed by atoms with E-state index >= 15 is 0 Å². The highest BCUT2D eigenvalue weighted by molar-refractivity contribution is 5.98. The molecule has 0 spiro atoms. The third-order valence-corrected chi connectivity index (χ3v) is 6.78. The molecular weight excluding hydrogens is 525 g/mol. The maximum Gasteiger partial charge on any atom is 0.447 e. The highest BCUT2D eigenvalue weighted by atomic mass is 19.4. The smallest absolute Gasteiger partial charge is 0.355 e. The van der Waals surface area contributed by atoms with Gasteiger partial charge in [-0.25, -0.2) is 4.39 Å². The normalized spacial score (nSPS) is 19.4. The fourth-order valence-corrected chi connectivity index (χ4v) is 4.57. The third kappa shape index (κ3) is 5.48. The summed E-state index contributed by atoms with van der Waals surface area (Å²) in [5.74, 6) is -7.05. The number of aliphatic hydroxyl groups is 2. The van der Waals surface area contributed by atoms with E-state index in [1.807, 2.05) is 0 Å². The van der Waals surface area contributed by atoms with Gasteiger partial charge in [-0.15, -0.1) is 0 Å². The van der Waals surface area contributed by atoms with Gasteiger partial charge in [0.1, 0.15) is 11.9 Å². The maximum atomic E-state index is 14.7. The molecule has 3 N–H and O–H groups in total. The van der Waals surface area contributed by atoms with Crippen LogP contribution < -0.4 is 5.32 Å². The van der Waals surface area contributed by atoms with E-state index in [9.17, 15) is 50.5 Å². The number of halogens is 7. The molecule has 1 aliphatic heterocycles. The molecule has 2 aromatic rings. The Morgan fingerprint density at radius 2 is 1.63 bits per heavy atom. The van der Waals surface area contributed by atoms with Crippen LogP contribution in [0.5, 0.6) is 0 Å². The number of carbonyl (C=O) groups is 2. The molecule has 0 aromatic heterocycles. The van der Waals surface area contributed by atoms with Gasteiger partial charge in [0.25, 0.3) is 11.7 Å². The summed E-state index contributed by atoms with van der Waals surface area (Å²) in [7, 11) is 0. The number of benzene rings is 2. The van der Waals surface area contributed by atoms with Crippen molar-refractivity contribution in [3.63, 3.8) is 0 Å². The van der Waals surface area contributed by atoms with E-state index < -0.39 is 59.0 Å². The number of hydrogen-bond acceptors (Lipinski definition) is 4. The number of carbonyl (C=O) groups excluding carboxylic acids is 2. The Morgan fingerprint density at radius 1 is 0.947 bits per heavy atom. The van der Waals surface area contributed by atoms with Gasteiger partial charge >= 0.3 is 12.4 Å². The van der Waals surface area contributed by atoms with Gasteiger partial charge in [0.05, 0.1) is 11.6 Å². The number of alkyl halides is 6. The summed E-state index contributed by atoms with van der Waals surface area (Å²) in [6.07, 6.45) is -8.40. The minimum Gasteiger partial charge on any atom is -0.355 e. The van der Waals surface area contributed by atoms with Gasteiger partial charge in [0.15, 0.2) is 0 Å². The van der Waals surface area contributed by atoms with Gasteiger partial charge < -0.3 is 20.4 Å². The molecule has 1 aliphatic carbocycles. The van der Waals surface area contributed by atoms with E-state index in [4.69, 9.17) is 0 Å².